The van der Waals surface area contributed by atoms with Crippen LogP contribution in [0.15, 0.2) is 42.7 Å². The first-order valence-electron chi connectivity index (χ1n) is 9.76. The highest BCUT2D eigenvalue weighted by atomic mass is 35.5. The fraction of sp³-hybridized carbons (Fsp3) is 0.364. The highest BCUT2D eigenvalue weighted by Crippen LogP contribution is 2.24. The number of fused-ring (bicyclic) bond motifs is 1. The Kier molecular flexibility index (Phi) is 6.00. The number of aryl methyl sites for hydroxylation is 1. The van der Waals surface area contributed by atoms with Crippen molar-refractivity contribution in [2.75, 3.05) is 6.54 Å². The van der Waals surface area contributed by atoms with Gasteiger partial charge in [-0.05, 0) is 36.2 Å². The zero-order chi connectivity index (χ0) is 19.5. The first kappa shape index (κ1) is 19.4. The van der Waals surface area contributed by atoms with E-state index >= 15 is 0 Å². The second-order valence-corrected chi connectivity index (χ2v) is 8.16. The van der Waals surface area contributed by atoms with Crippen LogP contribution >= 0.6 is 23.2 Å². The van der Waals surface area contributed by atoms with Crippen LogP contribution < -0.4 is 0 Å². The summed E-state index contributed by atoms with van der Waals surface area (Å²) in [5.74, 6) is 0.977. The van der Waals surface area contributed by atoms with Crippen LogP contribution in [-0.2, 0) is 32.5 Å². The van der Waals surface area contributed by atoms with Gasteiger partial charge in [0.05, 0.1) is 10.0 Å². The van der Waals surface area contributed by atoms with Crippen LogP contribution in [0.25, 0.3) is 0 Å². The maximum atomic E-state index is 6.17. The number of nitrogens with zero attached hydrogens (tertiary/aromatic N) is 4. The largest absolute Gasteiger partial charge is 0.346 e. The smallest absolute Gasteiger partial charge is 0.128 e. The van der Waals surface area contributed by atoms with E-state index in [0.29, 0.717) is 10.0 Å². The Morgan fingerprint density at radius 2 is 2.00 bits per heavy atom. The molecule has 4 rings (SSSR count). The second-order valence-electron chi connectivity index (χ2n) is 7.34. The summed E-state index contributed by atoms with van der Waals surface area (Å²) in [4.78, 5) is 11.8. The summed E-state index contributed by atoms with van der Waals surface area (Å²) in [5.41, 5.74) is 4.92. The van der Waals surface area contributed by atoms with Gasteiger partial charge in [0, 0.05) is 68.4 Å². The van der Waals surface area contributed by atoms with E-state index in [-0.39, 0.29) is 0 Å². The maximum absolute atomic E-state index is 6.17. The summed E-state index contributed by atoms with van der Waals surface area (Å²) in [7, 11) is 0. The quantitative estimate of drug-likeness (QED) is 0.559. The van der Waals surface area contributed by atoms with Crippen LogP contribution in [0.2, 0.25) is 10.0 Å². The molecule has 4 nitrogen and oxygen atoms in total. The van der Waals surface area contributed by atoms with Gasteiger partial charge in [0.15, 0.2) is 0 Å². The lowest BCUT2D eigenvalue weighted by Crippen LogP contribution is -2.31. The number of hydrogen-bond acceptors (Lipinski definition) is 3. The standard InChI is InChI=1S/C22H24Cl2N4/c1-2-4-22-25-12-17-14-27(10-8-21(17)26-22)15-18-5-3-9-28(18)13-16-6-7-19(23)20(24)11-16/h3,5-7,9,11-12H,2,4,8,10,13-15H2,1H3. The molecule has 1 aliphatic rings. The van der Waals surface area contributed by atoms with Crippen molar-refractivity contribution in [3.63, 3.8) is 0 Å². The summed E-state index contributed by atoms with van der Waals surface area (Å²) in [6.07, 6.45) is 7.17. The molecule has 0 radical (unpaired) electrons. The predicted octanol–water partition coefficient (Wildman–Crippen LogP) is 5.14. The number of rotatable bonds is 6. The molecule has 2 aromatic heterocycles. The molecule has 28 heavy (non-hydrogen) atoms. The lowest BCUT2D eigenvalue weighted by atomic mass is 10.1. The van der Waals surface area contributed by atoms with Gasteiger partial charge in [-0.15, -0.1) is 0 Å². The first-order valence-corrected chi connectivity index (χ1v) is 10.5. The third-order valence-electron chi connectivity index (χ3n) is 5.18. The third kappa shape index (κ3) is 4.40. The fourth-order valence-electron chi connectivity index (χ4n) is 3.71. The molecule has 146 valence electrons. The van der Waals surface area contributed by atoms with E-state index in [1.165, 1.54) is 17.0 Å². The number of benzene rings is 1. The van der Waals surface area contributed by atoms with Crippen molar-refractivity contribution in [2.45, 2.75) is 45.8 Å². The third-order valence-corrected chi connectivity index (χ3v) is 5.92. The van der Waals surface area contributed by atoms with Gasteiger partial charge >= 0.3 is 0 Å². The molecule has 0 saturated heterocycles. The van der Waals surface area contributed by atoms with Gasteiger partial charge in [-0.1, -0.05) is 36.2 Å². The minimum Gasteiger partial charge on any atom is -0.346 e. The Morgan fingerprint density at radius 1 is 1.11 bits per heavy atom. The van der Waals surface area contributed by atoms with E-state index < -0.39 is 0 Å². The molecule has 6 heteroatoms. The van der Waals surface area contributed by atoms with E-state index in [0.717, 1.165) is 56.8 Å². The van der Waals surface area contributed by atoms with Gasteiger partial charge in [0.1, 0.15) is 5.82 Å². The minimum absolute atomic E-state index is 0.592. The number of halogens is 2. The van der Waals surface area contributed by atoms with E-state index in [1.54, 1.807) is 0 Å². The summed E-state index contributed by atoms with van der Waals surface area (Å²) >= 11 is 12.2. The van der Waals surface area contributed by atoms with E-state index in [1.807, 2.05) is 24.4 Å². The van der Waals surface area contributed by atoms with Crippen LogP contribution in [0.1, 0.15) is 41.7 Å². The lowest BCUT2D eigenvalue weighted by molar-refractivity contribution is 0.237. The lowest BCUT2D eigenvalue weighted by Gasteiger charge is -2.28. The van der Waals surface area contributed by atoms with Crippen LogP contribution in [0.3, 0.4) is 0 Å². The van der Waals surface area contributed by atoms with E-state index in [4.69, 9.17) is 28.2 Å². The Balaban J connectivity index is 1.44. The zero-order valence-electron chi connectivity index (χ0n) is 16.0. The molecule has 0 bridgehead atoms. The van der Waals surface area contributed by atoms with Crippen molar-refractivity contribution in [2.24, 2.45) is 0 Å². The highest BCUT2D eigenvalue weighted by molar-refractivity contribution is 6.42. The Hall–Kier alpha value is -1.88. The van der Waals surface area contributed by atoms with Gasteiger partial charge in [-0.2, -0.15) is 0 Å². The molecule has 0 spiro atoms. The molecule has 0 saturated carbocycles. The molecule has 3 aromatic rings. The van der Waals surface area contributed by atoms with Crippen molar-refractivity contribution < 1.29 is 0 Å². The molecule has 0 unspecified atom stereocenters. The van der Waals surface area contributed by atoms with Crippen molar-refractivity contribution in [3.05, 3.63) is 81.1 Å². The number of hydrogen-bond donors (Lipinski definition) is 0. The second kappa shape index (κ2) is 8.64. The summed E-state index contributed by atoms with van der Waals surface area (Å²) in [5, 5.41) is 1.19. The Labute approximate surface area is 176 Å². The number of aromatic nitrogens is 3. The van der Waals surface area contributed by atoms with Crippen molar-refractivity contribution in [1.82, 2.24) is 19.4 Å². The van der Waals surface area contributed by atoms with Crippen LogP contribution in [-0.4, -0.2) is 26.0 Å². The predicted molar refractivity (Wildman–Crippen MR) is 114 cm³/mol. The average Bonchev–Trinajstić information content (AvgIpc) is 3.12. The molecular formula is C22H24Cl2N4. The van der Waals surface area contributed by atoms with Crippen molar-refractivity contribution in [3.8, 4) is 0 Å². The van der Waals surface area contributed by atoms with Gasteiger partial charge < -0.3 is 4.57 Å². The van der Waals surface area contributed by atoms with E-state index in [2.05, 4.69) is 39.7 Å². The molecule has 1 aromatic carbocycles. The SMILES string of the molecule is CCCc1ncc2c(n1)CCN(Cc1cccn1Cc1ccc(Cl)c(Cl)c1)C2. The first-order chi connectivity index (χ1) is 13.6. The van der Waals surface area contributed by atoms with Crippen LogP contribution in [0.5, 0.6) is 0 Å². The molecule has 0 N–H and O–H groups in total. The Bertz CT molecular complexity index is 967. The molecule has 0 fully saturated rings. The summed E-state index contributed by atoms with van der Waals surface area (Å²) < 4.78 is 2.27. The van der Waals surface area contributed by atoms with Gasteiger partial charge in [-0.3, -0.25) is 4.90 Å². The summed E-state index contributed by atoms with van der Waals surface area (Å²) in [6, 6.07) is 10.1. The van der Waals surface area contributed by atoms with Gasteiger partial charge in [0.2, 0.25) is 0 Å². The van der Waals surface area contributed by atoms with E-state index in [9.17, 15) is 0 Å². The Morgan fingerprint density at radius 3 is 2.82 bits per heavy atom. The van der Waals surface area contributed by atoms with Crippen molar-refractivity contribution in [1.29, 1.82) is 0 Å². The fourth-order valence-corrected chi connectivity index (χ4v) is 4.03. The maximum Gasteiger partial charge on any atom is 0.128 e. The monoisotopic (exact) mass is 414 g/mol. The molecule has 0 amide bonds. The molecular weight excluding hydrogens is 391 g/mol. The minimum atomic E-state index is 0.592. The topological polar surface area (TPSA) is 34.0 Å². The molecule has 0 atom stereocenters. The van der Waals surface area contributed by atoms with Gasteiger partial charge in [-0.25, -0.2) is 9.97 Å². The van der Waals surface area contributed by atoms with Crippen LogP contribution in [0, 0.1) is 0 Å². The van der Waals surface area contributed by atoms with Crippen LogP contribution in [0.4, 0.5) is 0 Å². The van der Waals surface area contributed by atoms with Gasteiger partial charge in [0.25, 0.3) is 0 Å². The van der Waals surface area contributed by atoms with Crippen molar-refractivity contribution >= 4 is 23.2 Å². The molecule has 0 aliphatic carbocycles. The zero-order valence-corrected chi connectivity index (χ0v) is 17.5. The molecule has 1 aliphatic heterocycles. The normalized spacial score (nSPS) is 14.2. The molecule has 3 heterocycles. The highest BCUT2D eigenvalue weighted by Gasteiger charge is 2.19. The average molecular weight is 415 g/mol. The summed E-state index contributed by atoms with van der Waals surface area (Å²) in [6.45, 7) is 5.78.